The van der Waals surface area contributed by atoms with Crippen molar-refractivity contribution in [2.75, 3.05) is 0 Å². The Hall–Kier alpha value is -2.65. The first kappa shape index (κ1) is 31.9. The molecular formula is C30H34F8O2. The molecule has 0 aliphatic heterocycles. The molecule has 2 nitrogen and oxygen atoms in total. The fourth-order valence-electron chi connectivity index (χ4n) is 5.39. The van der Waals surface area contributed by atoms with Crippen molar-refractivity contribution < 1.29 is 44.7 Å². The minimum atomic E-state index is -2.36. The molecule has 0 bridgehead atoms. The Bertz CT molecular complexity index is 1150. The third-order valence-corrected chi connectivity index (χ3v) is 7.78. The van der Waals surface area contributed by atoms with Crippen molar-refractivity contribution >= 4 is 5.97 Å². The summed E-state index contributed by atoms with van der Waals surface area (Å²) in [7, 11) is 0. The van der Waals surface area contributed by atoms with Crippen molar-refractivity contribution in [2.45, 2.75) is 97.3 Å². The van der Waals surface area contributed by atoms with Crippen molar-refractivity contribution in [2.24, 2.45) is 11.8 Å². The van der Waals surface area contributed by atoms with E-state index in [1.807, 2.05) is 0 Å². The number of carbonyl (C=O) groups excluding carboxylic acids is 1. The molecule has 0 atom stereocenters. The topological polar surface area (TPSA) is 26.3 Å². The van der Waals surface area contributed by atoms with Gasteiger partial charge in [-0.15, -0.1) is 0 Å². The van der Waals surface area contributed by atoms with E-state index in [1.54, 1.807) is 0 Å². The van der Waals surface area contributed by atoms with Crippen molar-refractivity contribution in [3.8, 4) is 16.9 Å². The van der Waals surface area contributed by atoms with E-state index in [1.165, 1.54) is 39.0 Å². The second kappa shape index (κ2) is 14.3. The maximum Gasteiger partial charge on any atom is 0.314 e. The molecule has 0 unspecified atom stereocenters. The number of carbonyl (C=O) groups is 1. The van der Waals surface area contributed by atoms with Crippen LogP contribution in [0.4, 0.5) is 35.1 Å². The van der Waals surface area contributed by atoms with Crippen LogP contribution in [-0.4, -0.2) is 5.97 Å². The minimum absolute atomic E-state index is 0.366. The maximum absolute atomic E-state index is 14.8. The minimum Gasteiger partial charge on any atom is -0.420 e. The lowest BCUT2D eigenvalue weighted by atomic mass is 9.79. The van der Waals surface area contributed by atoms with Gasteiger partial charge in [-0.05, 0) is 38.0 Å². The second-order valence-corrected chi connectivity index (χ2v) is 10.5. The van der Waals surface area contributed by atoms with Gasteiger partial charge < -0.3 is 4.74 Å². The van der Waals surface area contributed by atoms with E-state index < -0.39 is 87.3 Å². The number of benzene rings is 2. The van der Waals surface area contributed by atoms with Gasteiger partial charge in [0.2, 0.25) is 17.4 Å². The highest BCUT2D eigenvalue weighted by atomic mass is 19.2. The zero-order valence-electron chi connectivity index (χ0n) is 22.7. The number of ether oxygens (including phenoxy) is 1. The number of hydrogen-bond donors (Lipinski definition) is 0. The van der Waals surface area contributed by atoms with Crippen LogP contribution in [0.5, 0.6) is 5.75 Å². The first-order valence-electron chi connectivity index (χ1n) is 14.0. The lowest BCUT2D eigenvalue weighted by molar-refractivity contribution is -0.140. The summed E-state index contributed by atoms with van der Waals surface area (Å²) in [5.74, 6) is -20.7. The van der Waals surface area contributed by atoms with Crippen LogP contribution >= 0.6 is 0 Å². The van der Waals surface area contributed by atoms with Crippen LogP contribution in [0.1, 0.15) is 96.5 Å². The van der Waals surface area contributed by atoms with E-state index >= 15 is 0 Å². The summed E-state index contributed by atoms with van der Waals surface area (Å²) in [5, 5.41) is 0. The predicted molar refractivity (Wildman–Crippen MR) is 135 cm³/mol. The quantitative estimate of drug-likeness (QED) is 0.0824. The fraction of sp³-hybridized carbons (Fsp3) is 0.567. The summed E-state index contributed by atoms with van der Waals surface area (Å²) in [4.78, 5) is 12.6. The molecule has 2 aromatic rings. The van der Waals surface area contributed by atoms with Crippen LogP contribution in [0.3, 0.4) is 0 Å². The monoisotopic (exact) mass is 578 g/mol. The van der Waals surface area contributed by atoms with Crippen LogP contribution in [0, 0.1) is 58.4 Å². The summed E-state index contributed by atoms with van der Waals surface area (Å²) in [6.45, 7) is 3.34. The first-order chi connectivity index (χ1) is 19.0. The van der Waals surface area contributed by atoms with Crippen LogP contribution in [0.15, 0.2) is 0 Å². The van der Waals surface area contributed by atoms with E-state index in [4.69, 9.17) is 0 Å². The van der Waals surface area contributed by atoms with E-state index in [2.05, 4.69) is 11.7 Å². The van der Waals surface area contributed by atoms with Crippen molar-refractivity contribution in [3.05, 3.63) is 52.1 Å². The molecule has 3 rings (SSSR count). The fourth-order valence-corrected chi connectivity index (χ4v) is 5.39. The van der Waals surface area contributed by atoms with Gasteiger partial charge in [0.1, 0.15) is 0 Å². The number of esters is 1. The standard InChI is InChI=1S/C30H34F8O2/c1-3-5-6-7-8-9-10-11-16-12-14-17(15-13-16)30(39)40-29-27(37)25(35)20(26(36)28(29)38)19-23(33)21(31)18(4-2)22(32)24(19)34/h16-17H,3-15H2,1-2H3/t16-,17-. The lowest BCUT2D eigenvalue weighted by Crippen LogP contribution is -2.26. The van der Waals surface area contributed by atoms with Crippen LogP contribution in [0.2, 0.25) is 0 Å². The molecule has 0 saturated heterocycles. The third kappa shape index (κ3) is 6.79. The Kier molecular flexibility index (Phi) is 11.4. The molecule has 0 radical (unpaired) electrons. The number of halogens is 8. The molecule has 0 aromatic heterocycles. The molecule has 2 aromatic carbocycles. The van der Waals surface area contributed by atoms with Gasteiger partial charge in [0.25, 0.3) is 0 Å². The van der Waals surface area contributed by atoms with Crippen molar-refractivity contribution in [1.29, 1.82) is 0 Å². The summed E-state index contributed by atoms with van der Waals surface area (Å²) < 4.78 is 121. The summed E-state index contributed by atoms with van der Waals surface area (Å²) in [6, 6.07) is 0. The predicted octanol–water partition coefficient (Wildman–Crippen LogP) is 9.88. The van der Waals surface area contributed by atoms with Gasteiger partial charge in [-0.25, -0.2) is 26.3 Å². The van der Waals surface area contributed by atoms with E-state index in [0.29, 0.717) is 31.6 Å². The van der Waals surface area contributed by atoms with Crippen molar-refractivity contribution in [1.82, 2.24) is 0 Å². The highest BCUT2D eigenvalue weighted by Gasteiger charge is 2.36. The lowest BCUT2D eigenvalue weighted by Gasteiger charge is -2.27. The average molecular weight is 579 g/mol. The van der Waals surface area contributed by atoms with Gasteiger partial charge in [0, 0.05) is 5.56 Å². The smallest absolute Gasteiger partial charge is 0.314 e. The molecule has 0 spiro atoms. The normalized spacial score (nSPS) is 17.4. The van der Waals surface area contributed by atoms with Crippen LogP contribution < -0.4 is 4.74 Å². The molecule has 10 heteroatoms. The van der Waals surface area contributed by atoms with Gasteiger partial charge in [-0.1, -0.05) is 65.2 Å². The zero-order valence-corrected chi connectivity index (χ0v) is 22.7. The molecule has 222 valence electrons. The number of hydrogen-bond acceptors (Lipinski definition) is 2. The number of rotatable bonds is 12. The molecular weight excluding hydrogens is 544 g/mol. The van der Waals surface area contributed by atoms with Gasteiger partial charge in [-0.2, -0.15) is 8.78 Å². The SMILES string of the molecule is CCCCCCCCC[C@H]1CC[C@H](C(=O)Oc2c(F)c(F)c(-c3c(F)c(F)c(CC)c(F)c3F)c(F)c2F)CC1. The Morgan fingerprint density at radius 2 is 1.07 bits per heavy atom. The van der Waals surface area contributed by atoms with E-state index in [-0.39, 0.29) is 0 Å². The highest BCUT2D eigenvalue weighted by molar-refractivity contribution is 5.76. The molecule has 1 fully saturated rings. The second-order valence-electron chi connectivity index (χ2n) is 10.5. The van der Waals surface area contributed by atoms with Gasteiger partial charge in [0.15, 0.2) is 34.9 Å². The number of unbranched alkanes of at least 4 members (excludes halogenated alkanes) is 6. The van der Waals surface area contributed by atoms with Crippen LogP contribution in [-0.2, 0) is 11.2 Å². The zero-order chi connectivity index (χ0) is 29.6. The molecule has 1 aliphatic carbocycles. The summed E-state index contributed by atoms with van der Waals surface area (Å²) in [6.07, 6.45) is 10.9. The van der Waals surface area contributed by atoms with Crippen molar-refractivity contribution in [3.63, 3.8) is 0 Å². The van der Waals surface area contributed by atoms with Gasteiger partial charge in [0.05, 0.1) is 17.0 Å². The maximum atomic E-state index is 14.8. The summed E-state index contributed by atoms with van der Waals surface area (Å²) >= 11 is 0. The Balaban J connectivity index is 1.70. The first-order valence-corrected chi connectivity index (χ1v) is 14.0. The van der Waals surface area contributed by atoms with Crippen LogP contribution in [0.25, 0.3) is 11.1 Å². The molecule has 40 heavy (non-hydrogen) atoms. The molecule has 0 N–H and O–H groups in total. The van der Waals surface area contributed by atoms with E-state index in [9.17, 15) is 39.9 Å². The van der Waals surface area contributed by atoms with Gasteiger partial charge >= 0.3 is 5.97 Å². The Labute approximate surface area is 229 Å². The highest BCUT2D eigenvalue weighted by Crippen LogP contribution is 2.41. The molecule has 0 heterocycles. The molecule has 1 aliphatic rings. The Morgan fingerprint density at radius 3 is 1.55 bits per heavy atom. The molecule has 0 amide bonds. The Morgan fingerprint density at radius 1 is 0.625 bits per heavy atom. The average Bonchev–Trinajstić information content (AvgIpc) is 2.95. The van der Waals surface area contributed by atoms with Gasteiger partial charge in [-0.3, -0.25) is 4.79 Å². The molecule has 1 saturated carbocycles. The third-order valence-electron chi connectivity index (χ3n) is 7.78. The summed E-state index contributed by atoms with van der Waals surface area (Å²) in [5.41, 5.74) is -4.98. The van der Waals surface area contributed by atoms with E-state index in [0.717, 1.165) is 19.3 Å². The largest absolute Gasteiger partial charge is 0.420 e.